The standard InChI is InChI=1S/C26H23ClN4O2/c27-26-28-12-22(17-5-6-17)24(29-26)18-7-8-20-14-31(25(33)21(20)11-18)15-23(32)30-10-9-16-3-1-2-4-19(16)13-30/h1-4,7-8,11-12,17H,5-6,9-10,13-15H2. The Hall–Kier alpha value is -3.25. The molecule has 1 aromatic heterocycles. The first kappa shape index (κ1) is 20.4. The van der Waals surface area contributed by atoms with Crippen molar-refractivity contribution in [3.63, 3.8) is 0 Å². The van der Waals surface area contributed by atoms with Crippen LogP contribution < -0.4 is 0 Å². The van der Waals surface area contributed by atoms with Gasteiger partial charge in [0.2, 0.25) is 11.2 Å². The Morgan fingerprint density at radius 2 is 1.88 bits per heavy atom. The average Bonchev–Trinajstić information content (AvgIpc) is 3.63. The summed E-state index contributed by atoms with van der Waals surface area (Å²) >= 11 is 6.08. The first-order valence-corrected chi connectivity index (χ1v) is 11.7. The highest BCUT2D eigenvalue weighted by Crippen LogP contribution is 2.44. The van der Waals surface area contributed by atoms with Gasteiger partial charge in [0.15, 0.2) is 0 Å². The molecule has 0 N–H and O–H groups in total. The van der Waals surface area contributed by atoms with Crippen molar-refractivity contribution < 1.29 is 9.59 Å². The van der Waals surface area contributed by atoms with Crippen LogP contribution in [0, 0.1) is 0 Å². The van der Waals surface area contributed by atoms with Crippen molar-refractivity contribution in [2.75, 3.05) is 13.1 Å². The van der Waals surface area contributed by atoms with Gasteiger partial charge >= 0.3 is 0 Å². The lowest BCUT2D eigenvalue weighted by Gasteiger charge is -2.30. The summed E-state index contributed by atoms with van der Waals surface area (Å²) < 4.78 is 0. The van der Waals surface area contributed by atoms with Gasteiger partial charge in [-0.15, -0.1) is 0 Å². The van der Waals surface area contributed by atoms with E-state index in [2.05, 4.69) is 22.1 Å². The van der Waals surface area contributed by atoms with Gasteiger partial charge in [0.25, 0.3) is 5.91 Å². The summed E-state index contributed by atoms with van der Waals surface area (Å²) in [7, 11) is 0. The lowest BCUT2D eigenvalue weighted by Crippen LogP contribution is -2.42. The maximum Gasteiger partial charge on any atom is 0.254 e. The smallest absolute Gasteiger partial charge is 0.254 e. The van der Waals surface area contributed by atoms with E-state index >= 15 is 0 Å². The fraction of sp³-hybridized carbons (Fsp3) is 0.308. The van der Waals surface area contributed by atoms with Crippen LogP contribution in [0.15, 0.2) is 48.7 Å². The highest BCUT2D eigenvalue weighted by molar-refractivity contribution is 6.28. The fourth-order valence-electron chi connectivity index (χ4n) is 4.90. The molecular weight excluding hydrogens is 436 g/mol. The van der Waals surface area contributed by atoms with Gasteiger partial charge in [-0.05, 0) is 65.1 Å². The van der Waals surface area contributed by atoms with Crippen molar-refractivity contribution in [3.05, 3.63) is 81.8 Å². The number of hydrogen-bond donors (Lipinski definition) is 0. The molecule has 3 aromatic rings. The summed E-state index contributed by atoms with van der Waals surface area (Å²) in [5, 5.41) is 0.205. The zero-order valence-corrected chi connectivity index (χ0v) is 18.9. The van der Waals surface area contributed by atoms with Crippen molar-refractivity contribution in [1.29, 1.82) is 0 Å². The lowest BCUT2D eigenvalue weighted by atomic mass is 10.00. The fourth-order valence-corrected chi connectivity index (χ4v) is 5.04. The van der Waals surface area contributed by atoms with Gasteiger partial charge in [0.1, 0.15) is 6.54 Å². The largest absolute Gasteiger partial charge is 0.336 e. The van der Waals surface area contributed by atoms with Crippen molar-refractivity contribution in [1.82, 2.24) is 19.8 Å². The van der Waals surface area contributed by atoms with Crippen LogP contribution in [-0.2, 0) is 24.3 Å². The van der Waals surface area contributed by atoms with E-state index in [0.29, 0.717) is 31.1 Å². The molecular formula is C26H23ClN4O2. The maximum absolute atomic E-state index is 13.2. The molecule has 0 unspecified atom stereocenters. The first-order valence-electron chi connectivity index (χ1n) is 11.4. The van der Waals surface area contributed by atoms with E-state index in [4.69, 9.17) is 11.6 Å². The van der Waals surface area contributed by atoms with Gasteiger partial charge in [-0.25, -0.2) is 9.97 Å². The summed E-state index contributed by atoms with van der Waals surface area (Å²) in [6.07, 6.45) is 4.90. The highest BCUT2D eigenvalue weighted by atomic mass is 35.5. The third-order valence-electron chi connectivity index (χ3n) is 6.88. The van der Waals surface area contributed by atoms with Gasteiger partial charge in [-0.1, -0.05) is 36.4 Å². The van der Waals surface area contributed by atoms with E-state index in [0.717, 1.165) is 41.6 Å². The summed E-state index contributed by atoms with van der Waals surface area (Å²) in [5.74, 6) is 0.347. The van der Waals surface area contributed by atoms with E-state index in [1.165, 1.54) is 11.1 Å². The summed E-state index contributed by atoms with van der Waals surface area (Å²) in [5.41, 5.74) is 6.82. The Morgan fingerprint density at radius 1 is 1.06 bits per heavy atom. The maximum atomic E-state index is 13.2. The van der Waals surface area contributed by atoms with Crippen LogP contribution in [0.2, 0.25) is 5.28 Å². The molecule has 1 aliphatic carbocycles. The van der Waals surface area contributed by atoms with Crippen LogP contribution in [0.3, 0.4) is 0 Å². The van der Waals surface area contributed by atoms with Crippen molar-refractivity contribution in [2.24, 2.45) is 0 Å². The van der Waals surface area contributed by atoms with Gasteiger partial charge < -0.3 is 9.80 Å². The third-order valence-corrected chi connectivity index (χ3v) is 7.06. The van der Waals surface area contributed by atoms with Crippen LogP contribution in [0.4, 0.5) is 0 Å². The van der Waals surface area contributed by atoms with Crippen LogP contribution >= 0.6 is 11.6 Å². The SMILES string of the molecule is O=C(CN1Cc2ccc(-c3nc(Cl)ncc3C3CC3)cc2C1=O)N1CCc2ccccc2C1. The van der Waals surface area contributed by atoms with Gasteiger partial charge in [-0.2, -0.15) is 0 Å². The molecule has 0 saturated heterocycles. The molecule has 6 nitrogen and oxygen atoms in total. The van der Waals surface area contributed by atoms with Gasteiger partial charge in [0, 0.05) is 37.0 Å². The Labute approximate surface area is 197 Å². The molecule has 33 heavy (non-hydrogen) atoms. The second kappa shape index (κ2) is 7.96. The van der Waals surface area contributed by atoms with Gasteiger partial charge in [0.05, 0.1) is 5.69 Å². The molecule has 2 aliphatic heterocycles. The van der Waals surface area contributed by atoms with Crippen molar-refractivity contribution >= 4 is 23.4 Å². The minimum Gasteiger partial charge on any atom is -0.336 e. The molecule has 166 valence electrons. The monoisotopic (exact) mass is 458 g/mol. The number of aromatic nitrogens is 2. The number of carbonyl (C=O) groups excluding carboxylic acids is 2. The van der Waals surface area contributed by atoms with Crippen molar-refractivity contribution in [3.8, 4) is 11.3 Å². The van der Waals surface area contributed by atoms with E-state index in [1.54, 1.807) is 11.1 Å². The Balaban J connectivity index is 1.20. The molecule has 0 bridgehead atoms. The Bertz CT molecular complexity index is 1290. The molecule has 3 heterocycles. The average molecular weight is 459 g/mol. The minimum absolute atomic E-state index is 0.00974. The zero-order chi connectivity index (χ0) is 22.5. The number of halogens is 1. The predicted octanol–water partition coefficient (Wildman–Crippen LogP) is 4.22. The van der Waals surface area contributed by atoms with E-state index < -0.39 is 0 Å². The number of nitrogens with zero attached hydrogens (tertiary/aromatic N) is 4. The molecule has 7 heteroatoms. The van der Waals surface area contributed by atoms with Crippen LogP contribution in [0.5, 0.6) is 0 Å². The minimum atomic E-state index is -0.106. The molecule has 2 amide bonds. The third kappa shape index (κ3) is 3.78. The van der Waals surface area contributed by atoms with Crippen LogP contribution in [0.25, 0.3) is 11.3 Å². The number of amides is 2. The molecule has 0 radical (unpaired) electrons. The molecule has 1 saturated carbocycles. The summed E-state index contributed by atoms with van der Waals surface area (Å²) in [6, 6.07) is 14.1. The normalized spacial score (nSPS) is 17.2. The first-order chi connectivity index (χ1) is 16.1. The molecule has 0 spiro atoms. The number of hydrogen-bond acceptors (Lipinski definition) is 4. The number of carbonyl (C=O) groups is 2. The second-order valence-corrected chi connectivity index (χ2v) is 9.42. The number of benzene rings is 2. The molecule has 0 atom stereocenters. The molecule has 2 aromatic carbocycles. The zero-order valence-electron chi connectivity index (χ0n) is 18.1. The van der Waals surface area contributed by atoms with Gasteiger partial charge in [-0.3, -0.25) is 9.59 Å². The van der Waals surface area contributed by atoms with E-state index in [9.17, 15) is 9.59 Å². The number of fused-ring (bicyclic) bond motifs is 2. The predicted molar refractivity (Wildman–Crippen MR) is 125 cm³/mol. The van der Waals surface area contributed by atoms with Crippen LogP contribution in [0.1, 0.15) is 51.4 Å². The molecule has 1 fully saturated rings. The molecule has 3 aliphatic rings. The van der Waals surface area contributed by atoms with E-state index in [-0.39, 0.29) is 23.6 Å². The summed E-state index contributed by atoms with van der Waals surface area (Å²) in [6.45, 7) is 1.84. The summed E-state index contributed by atoms with van der Waals surface area (Å²) in [4.78, 5) is 38.3. The lowest BCUT2D eigenvalue weighted by molar-refractivity contribution is -0.132. The Morgan fingerprint density at radius 3 is 2.70 bits per heavy atom. The van der Waals surface area contributed by atoms with Crippen molar-refractivity contribution in [2.45, 2.75) is 38.3 Å². The Kier molecular flexibility index (Phi) is 4.91. The highest BCUT2D eigenvalue weighted by Gasteiger charge is 2.32. The topological polar surface area (TPSA) is 66.4 Å². The van der Waals surface area contributed by atoms with Crippen LogP contribution in [-0.4, -0.2) is 44.7 Å². The quantitative estimate of drug-likeness (QED) is 0.549. The van der Waals surface area contributed by atoms with E-state index in [1.807, 2.05) is 35.2 Å². The molecule has 6 rings (SSSR count). The second-order valence-electron chi connectivity index (χ2n) is 9.08. The number of rotatable bonds is 4.